The molecule has 2 N–H and O–H groups in total. The molecule has 0 radical (unpaired) electrons. The maximum absolute atomic E-state index is 12.3. The molecule has 0 saturated heterocycles. The van der Waals surface area contributed by atoms with E-state index in [1.54, 1.807) is 7.05 Å². The Balaban J connectivity index is 2.57. The van der Waals surface area contributed by atoms with Crippen LogP contribution in [-0.2, 0) is 17.5 Å². The highest BCUT2D eigenvalue weighted by atomic mass is 19.4. The van der Waals surface area contributed by atoms with Crippen LogP contribution in [0.3, 0.4) is 0 Å². The van der Waals surface area contributed by atoms with Crippen molar-refractivity contribution in [2.45, 2.75) is 19.1 Å². The van der Waals surface area contributed by atoms with Crippen molar-refractivity contribution in [1.29, 1.82) is 0 Å². The molecular formula is C10H15F3N4O. The topological polar surface area (TPSA) is 64.2 Å². The predicted octanol–water partition coefficient (Wildman–Crippen LogP) is 0.709. The van der Waals surface area contributed by atoms with E-state index in [1.807, 2.05) is 0 Å². The van der Waals surface area contributed by atoms with Gasteiger partial charge >= 0.3 is 6.18 Å². The Kier molecular flexibility index (Phi) is 4.71. The average molecular weight is 264 g/mol. The fraction of sp³-hybridized carbons (Fsp3) is 0.600. The van der Waals surface area contributed by atoms with Crippen molar-refractivity contribution in [3.05, 3.63) is 18.0 Å². The molecule has 1 heterocycles. The summed E-state index contributed by atoms with van der Waals surface area (Å²) in [6.45, 7) is 0.720. The molecule has 1 aromatic heterocycles. The lowest BCUT2D eigenvalue weighted by Crippen LogP contribution is -2.32. The van der Waals surface area contributed by atoms with Crippen LogP contribution in [0.1, 0.15) is 12.0 Å². The number of hydrogen-bond acceptors (Lipinski definition) is 3. The van der Waals surface area contributed by atoms with E-state index in [1.165, 1.54) is 4.90 Å². The number of carbonyl (C=O) groups is 1. The highest BCUT2D eigenvalue weighted by Gasteiger charge is 2.32. The van der Waals surface area contributed by atoms with Crippen LogP contribution in [0.5, 0.6) is 0 Å². The van der Waals surface area contributed by atoms with E-state index >= 15 is 0 Å². The zero-order valence-corrected chi connectivity index (χ0v) is 9.94. The Labute approximate surface area is 102 Å². The highest BCUT2D eigenvalue weighted by molar-refractivity contribution is 5.75. The summed E-state index contributed by atoms with van der Waals surface area (Å²) in [5, 5.41) is 3.51. The summed E-state index contributed by atoms with van der Waals surface area (Å²) >= 11 is 0. The third-order valence-corrected chi connectivity index (χ3v) is 2.38. The number of halogens is 3. The lowest BCUT2D eigenvalue weighted by molar-refractivity contribution is -0.138. The molecule has 0 saturated carbocycles. The first-order valence-corrected chi connectivity index (χ1v) is 5.38. The van der Waals surface area contributed by atoms with Crippen molar-refractivity contribution in [2.24, 2.45) is 5.73 Å². The van der Waals surface area contributed by atoms with Gasteiger partial charge in [0.2, 0.25) is 5.91 Å². The van der Waals surface area contributed by atoms with Crippen LogP contribution in [0.25, 0.3) is 0 Å². The molecular weight excluding hydrogens is 249 g/mol. The second kappa shape index (κ2) is 5.85. The number of nitrogens with two attached hydrogens (primary N) is 1. The number of carbonyl (C=O) groups excluding carboxylic acids is 1. The number of rotatable bonds is 5. The zero-order valence-electron chi connectivity index (χ0n) is 9.94. The second-order valence-corrected chi connectivity index (χ2v) is 3.88. The van der Waals surface area contributed by atoms with Gasteiger partial charge in [-0.15, -0.1) is 0 Å². The van der Waals surface area contributed by atoms with E-state index in [0.29, 0.717) is 25.7 Å². The van der Waals surface area contributed by atoms with Crippen molar-refractivity contribution < 1.29 is 18.0 Å². The van der Waals surface area contributed by atoms with Crippen LogP contribution < -0.4 is 5.73 Å². The van der Waals surface area contributed by atoms with Gasteiger partial charge in [-0.1, -0.05) is 0 Å². The van der Waals surface area contributed by atoms with Crippen LogP contribution >= 0.6 is 0 Å². The average Bonchev–Trinajstić information content (AvgIpc) is 2.73. The lowest BCUT2D eigenvalue weighted by atomic mass is 10.3. The minimum atomic E-state index is -4.44. The number of hydrogen-bond donors (Lipinski definition) is 1. The molecule has 0 aliphatic heterocycles. The Morgan fingerprint density at radius 3 is 2.72 bits per heavy atom. The molecule has 0 spiro atoms. The Morgan fingerprint density at radius 2 is 2.22 bits per heavy atom. The fourth-order valence-electron chi connectivity index (χ4n) is 1.31. The van der Waals surface area contributed by atoms with Gasteiger partial charge in [0.25, 0.3) is 0 Å². The van der Waals surface area contributed by atoms with Gasteiger partial charge in [-0.05, 0) is 13.0 Å². The fourth-order valence-corrected chi connectivity index (χ4v) is 1.31. The van der Waals surface area contributed by atoms with Gasteiger partial charge in [0.15, 0.2) is 0 Å². The van der Waals surface area contributed by atoms with Crippen LogP contribution in [0.4, 0.5) is 13.2 Å². The van der Waals surface area contributed by atoms with E-state index in [9.17, 15) is 18.0 Å². The smallest absolute Gasteiger partial charge is 0.344 e. The van der Waals surface area contributed by atoms with E-state index in [0.717, 1.165) is 10.9 Å². The number of alkyl halides is 3. The maximum Gasteiger partial charge on any atom is 0.419 e. The number of amides is 1. The molecule has 0 bridgehead atoms. The summed E-state index contributed by atoms with van der Waals surface area (Å²) < 4.78 is 37.9. The summed E-state index contributed by atoms with van der Waals surface area (Å²) in [4.78, 5) is 13.0. The standard InChI is InChI=1S/C10H15F3N4O/c1-16(4-2-3-14)9(18)7-17-6-8(5-15-17)10(11,12)13/h5-6H,2-4,7,14H2,1H3. The van der Waals surface area contributed by atoms with Crippen molar-refractivity contribution in [1.82, 2.24) is 14.7 Å². The molecule has 0 fully saturated rings. The zero-order chi connectivity index (χ0) is 13.8. The first-order valence-electron chi connectivity index (χ1n) is 5.38. The minimum Gasteiger partial charge on any atom is -0.344 e. The van der Waals surface area contributed by atoms with E-state index in [2.05, 4.69) is 5.10 Å². The van der Waals surface area contributed by atoms with Crippen molar-refractivity contribution >= 4 is 5.91 Å². The molecule has 1 aromatic rings. The number of aromatic nitrogens is 2. The first-order chi connectivity index (χ1) is 8.34. The van der Waals surface area contributed by atoms with E-state index in [4.69, 9.17) is 5.73 Å². The lowest BCUT2D eigenvalue weighted by Gasteiger charge is -2.16. The number of nitrogens with zero attached hydrogens (tertiary/aromatic N) is 3. The van der Waals surface area contributed by atoms with Gasteiger partial charge < -0.3 is 10.6 Å². The molecule has 1 amide bonds. The number of likely N-dealkylation sites (N-methyl/N-ethyl adjacent to an activating group) is 1. The van der Waals surface area contributed by atoms with Crippen LogP contribution in [0.2, 0.25) is 0 Å². The summed E-state index contributed by atoms with van der Waals surface area (Å²) in [7, 11) is 1.58. The van der Waals surface area contributed by atoms with Crippen LogP contribution in [-0.4, -0.2) is 40.7 Å². The first kappa shape index (κ1) is 14.5. The highest BCUT2D eigenvalue weighted by Crippen LogP contribution is 2.28. The molecule has 0 aliphatic rings. The van der Waals surface area contributed by atoms with Gasteiger partial charge in [0.05, 0.1) is 11.8 Å². The summed E-state index contributed by atoms with van der Waals surface area (Å²) in [5.74, 6) is -0.305. The quantitative estimate of drug-likeness (QED) is 0.851. The summed E-state index contributed by atoms with van der Waals surface area (Å²) in [6.07, 6.45) is -2.27. The summed E-state index contributed by atoms with van der Waals surface area (Å²) in [5.41, 5.74) is 4.44. The largest absolute Gasteiger partial charge is 0.419 e. The maximum atomic E-state index is 12.3. The van der Waals surface area contributed by atoms with Crippen molar-refractivity contribution in [2.75, 3.05) is 20.1 Å². The van der Waals surface area contributed by atoms with Crippen molar-refractivity contribution in [3.63, 3.8) is 0 Å². The Hall–Kier alpha value is -1.57. The Bertz CT molecular complexity index is 402. The SMILES string of the molecule is CN(CCCN)C(=O)Cn1cc(C(F)(F)F)cn1. The molecule has 0 unspecified atom stereocenters. The third-order valence-electron chi connectivity index (χ3n) is 2.38. The molecule has 5 nitrogen and oxygen atoms in total. The van der Waals surface area contributed by atoms with Gasteiger partial charge in [-0.2, -0.15) is 18.3 Å². The predicted molar refractivity (Wildman–Crippen MR) is 58.5 cm³/mol. The van der Waals surface area contributed by atoms with Crippen LogP contribution in [0, 0.1) is 0 Å². The van der Waals surface area contributed by atoms with Gasteiger partial charge in [-0.3, -0.25) is 9.48 Å². The molecule has 8 heteroatoms. The molecule has 18 heavy (non-hydrogen) atoms. The van der Waals surface area contributed by atoms with Gasteiger partial charge in [0.1, 0.15) is 6.54 Å². The summed E-state index contributed by atoms with van der Waals surface area (Å²) in [6, 6.07) is 0. The molecule has 0 aromatic carbocycles. The molecule has 0 atom stereocenters. The molecule has 0 aliphatic carbocycles. The van der Waals surface area contributed by atoms with Gasteiger partial charge in [0, 0.05) is 19.8 Å². The van der Waals surface area contributed by atoms with E-state index < -0.39 is 11.7 Å². The second-order valence-electron chi connectivity index (χ2n) is 3.88. The molecule has 102 valence electrons. The van der Waals surface area contributed by atoms with E-state index in [-0.39, 0.29) is 12.5 Å². The Morgan fingerprint density at radius 1 is 1.56 bits per heavy atom. The van der Waals surface area contributed by atoms with Crippen LogP contribution in [0.15, 0.2) is 12.4 Å². The van der Waals surface area contributed by atoms with Gasteiger partial charge in [-0.25, -0.2) is 0 Å². The third kappa shape index (κ3) is 4.02. The monoisotopic (exact) mass is 264 g/mol. The normalized spacial score (nSPS) is 11.6. The molecule has 1 rings (SSSR count). The van der Waals surface area contributed by atoms with Crippen molar-refractivity contribution in [3.8, 4) is 0 Å². The minimum absolute atomic E-state index is 0.211.